The summed E-state index contributed by atoms with van der Waals surface area (Å²) in [7, 11) is -3.18. The lowest BCUT2D eigenvalue weighted by Crippen LogP contribution is -2.46. The molecule has 3 heterocycles. The molecule has 2 aliphatic rings. The van der Waals surface area contributed by atoms with Crippen molar-refractivity contribution in [3.63, 3.8) is 0 Å². The molecule has 8 heteroatoms. The molecule has 26 heavy (non-hydrogen) atoms. The van der Waals surface area contributed by atoms with Crippen molar-refractivity contribution >= 4 is 33.1 Å². The minimum atomic E-state index is -3.18. The van der Waals surface area contributed by atoms with Gasteiger partial charge >= 0.3 is 0 Å². The van der Waals surface area contributed by atoms with Crippen molar-refractivity contribution < 1.29 is 18.0 Å². The highest BCUT2D eigenvalue weighted by molar-refractivity contribution is 7.89. The molecular weight excluding hydrogens is 372 g/mol. The van der Waals surface area contributed by atoms with Gasteiger partial charge in [0, 0.05) is 38.0 Å². The molecule has 6 nitrogen and oxygen atoms in total. The third-order valence-corrected chi connectivity index (χ3v) is 8.23. The molecule has 0 bridgehead atoms. The molecule has 144 valence electrons. The number of sulfonamides is 1. The first-order valence-corrected chi connectivity index (χ1v) is 11.8. The standard InChI is InChI=1S/C18H26N2O4S2/c1-2-26(23,24)19-10-7-14(8-11-19)18(22)20-9-3-5-15(20)13-16(21)17-6-4-12-25-17/h4,6,12,14-15H,2-3,5,7-11,13H2,1H3/t15-/m0/s1. The van der Waals surface area contributed by atoms with Crippen LogP contribution in [0.25, 0.3) is 0 Å². The maximum Gasteiger partial charge on any atom is 0.226 e. The van der Waals surface area contributed by atoms with Gasteiger partial charge in [-0.15, -0.1) is 11.3 Å². The first-order valence-electron chi connectivity index (χ1n) is 9.27. The van der Waals surface area contributed by atoms with E-state index in [4.69, 9.17) is 0 Å². The molecule has 1 amide bonds. The molecule has 1 aromatic heterocycles. The van der Waals surface area contributed by atoms with Crippen LogP contribution in [0.3, 0.4) is 0 Å². The topological polar surface area (TPSA) is 74.8 Å². The van der Waals surface area contributed by atoms with Crippen molar-refractivity contribution in [1.29, 1.82) is 0 Å². The molecule has 1 aromatic rings. The van der Waals surface area contributed by atoms with E-state index >= 15 is 0 Å². The van der Waals surface area contributed by atoms with Gasteiger partial charge in [0.05, 0.1) is 10.6 Å². The molecule has 0 saturated carbocycles. The fraction of sp³-hybridized carbons (Fsp3) is 0.667. The Hall–Kier alpha value is -1.25. The Morgan fingerprint density at radius 1 is 1.19 bits per heavy atom. The van der Waals surface area contributed by atoms with Crippen molar-refractivity contribution in [1.82, 2.24) is 9.21 Å². The smallest absolute Gasteiger partial charge is 0.226 e. The molecule has 0 radical (unpaired) electrons. The number of hydrogen-bond donors (Lipinski definition) is 0. The quantitative estimate of drug-likeness (QED) is 0.690. The Morgan fingerprint density at radius 3 is 2.54 bits per heavy atom. The number of Topliss-reactive ketones (excluding diaryl/α,β-unsaturated/α-hetero) is 1. The molecule has 1 atom stereocenters. The first-order chi connectivity index (χ1) is 12.4. The molecule has 0 unspecified atom stereocenters. The lowest BCUT2D eigenvalue weighted by atomic mass is 9.95. The van der Waals surface area contributed by atoms with E-state index in [0.29, 0.717) is 38.9 Å². The highest BCUT2D eigenvalue weighted by atomic mass is 32.2. The number of carbonyl (C=O) groups is 2. The van der Waals surface area contributed by atoms with E-state index < -0.39 is 10.0 Å². The van der Waals surface area contributed by atoms with Crippen LogP contribution in [-0.4, -0.2) is 60.7 Å². The summed E-state index contributed by atoms with van der Waals surface area (Å²) in [5.74, 6) is 0.175. The van der Waals surface area contributed by atoms with Gasteiger partial charge in [0.25, 0.3) is 0 Å². The van der Waals surface area contributed by atoms with E-state index in [1.165, 1.54) is 15.6 Å². The second-order valence-corrected chi connectivity index (χ2v) is 10.2. The summed E-state index contributed by atoms with van der Waals surface area (Å²) in [5, 5.41) is 1.89. The van der Waals surface area contributed by atoms with Gasteiger partial charge in [-0.25, -0.2) is 12.7 Å². The van der Waals surface area contributed by atoms with Crippen LogP contribution in [0.2, 0.25) is 0 Å². The van der Waals surface area contributed by atoms with Crippen LogP contribution in [0.5, 0.6) is 0 Å². The molecule has 0 aromatic carbocycles. The Morgan fingerprint density at radius 2 is 1.92 bits per heavy atom. The average molecular weight is 399 g/mol. The SMILES string of the molecule is CCS(=O)(=O)N1CCC(C(=O)N2CCC[C@H]2CC(=O)c2cccs2)CC1. The second kappa shape index (κ2) is 8.19. The van der Waals surface area contributed by atoms with E-state index in [9.17, 15) is 18.0 Å². The summed E-state index contributed by atoms with van der Waals surface area (Å²) in [4.78, 5) is 28.0. The second-order valence-electron chi connectivity index (χ2n) is 7.01. The molecule has 2 fully saturated rings. The third kappa shape index (κ3) is 4.18. The molecule has 0 aliphatic carbocycles. The van der Waals surface area contributed by atoms with Crippen molar-refractivity contribution in [2.75, 3.05) is 25.4 Å². The molecular formula is C18H26N2O4S2. The van der Waals surface area contributed by atoms with Gasteiger partial charge in [0.2, 0.25) is 15.9 Å². The fourth-order valence-corrected chi connectivity index (χ4v) is 5.70. The van der Waals surface area contributed by atoms with E-state index in [1.807, 2.05) is 22.4 Å². The molecule has 2 aliphatic heterocycles. The lowest BCUT2D eigenvalue weighted by molar-refractivity contribution is -0.137. The summed E-state index contributed by atoms with van der Waals surface area (Å²) >= 11 is 1.44. The number of hydrogen-bond acceptors (Lipinski definition) is 5. The number of ketones is 1. The highest BCUT2D eigenvalue weighted by Gasteiger charge is 2.37. The van der Waals surface area contributed by atoms with E-state index in [-0.39, 0.29) is 29.4 Å². The van der Waals surface area contributed by atoms with Crippen LogP contribution in [0.15, 0.2) is 17.5 Å². The van der Waals surface area contributed by atoms with Gasteiger partial charge < -0.3 is 4.90 Å². The van der Waals surface area contributed by atoms with Crippen LogP contribution >= 0.6 is 11.3 Å². The van der Waals surface area contributed by atoms with E-state index in [0.717, 1.165) is 17.7 Å². The van der Waals surface area contributed by atoms with Crippen LogP contribution in [0, 0.1) is 5.92 Å². The monoisotopic (exact) mass is 398 g/mol. The van der Waals surface area contributed by atoms with E-state index in [1.54, 1.807) is 6.92 Å². The van der Waals surface area contributed by atoms with Crippen molar-refractivity contribution in [3.8, 4) is 0 Å². The lowest BCUT2D eigenvalue weighted by Gasteiger charge is -2.34. The maximum atomic E-state index is 13.0. The molecule has 2 saturated heterocycles. The summed E-state index contributed by atoms with van der Waals surface area (Å²) in [6.07, 6.45) is 3.32. The zero-order chi connectivity index (χ0) is 18.7. The zero-order valence-corrected chi connectivity index (χ0v) is 16.7. The average Bonchev–Trinajstić information content (AvgIpc) is 3.33. The zero-order valence-electron chi connectivity index (χ0n) is 15.1. The predicted molar refractivity (Wildman–Crippen MR) is 102 cm³/mol. The van der Waals surface area contributed by atoms with Gasteiger partial charge in [-0.2, -0.15) is 0 Å². The normalized spacial score (nSPS) is 22.7. The number of nitrogens with zero attached hydrogens (tertiary/aromatic N) is 2. The molecule has 0 spiro atoms. The summed E-state index contributed by atoms with van der Waals surface area (Å²) in [5.41, 5.74) is 0. The summed E-state index contributed by atoms with van der Waals surface area (Å²) in [6, 6.07) is 3.68. The Kier molecular flexibility index (Phi) is 6.14. The Bertz CT molecular complexity index is 737. The Labute approximate surface area is 159 Å². The fourth-order valence-electron chi connectivity index (χ4n) is 3.89. The van der Waals surface area contributed by atoms with Gasteiger partial charge in [-0.05, 0) is 44.1 Å². The number of amides is 1. The predicted octanol–water partition coefficient (Wildman–Crippen LogP) is 2.37. The summed E-state index contributed by atoms with van der Waals surface area (Å²) < 4.78 is 25.4. The van der Waals surface area contributed by atoms with Crippen molar-refractivity contribution in [2.24, 2.45) is 5.92 Å². The third-order valence-electron chi connectivity index (χ3n) is 5.44. The van der Waals surface area contributed by atoms with Gasteiger partial charge in [-0.3, -0.25) is 9.59 Å². The number of carbonyl (C=O) groups excluding carboxylic acids is 2. The van der Waals surface area contributed by atoms with Crippen molar-refractivity contribution in [3.05, 3.63) is 22.4 Å². The largest absolute Gasteiger partial charge is 0.339 e. The van der Waals surface area contributed by atoms with Crippen molar-refractivity contribution in [2.45, 2.75) is 45.1 Å². The highest BCUT2D eigenvalue weighted by Crippen LogP contribution is 2.28. The number of likely N-dealkylation sites (tertiary alicyclic amines) is 1. The van der Waals surface area contributed by atoms with Gasteiger partial charge in [-0.1, -0.05) is 6.07 Å². The molecule has 3 rings (SSSR count). The number of piperidine rings is 1. The minimum Gasteiger partial charge on any atom is -0.339 e. The van der Waals surface area contributed by atoms with Crippen LogP contribution in [-0.2, 0) is 14.8 Å². The van der Waals surface area contributed by atoms with Gasteiger partial charge in [0.1, 0.15) is 0 Å². The van der Waals surface area contributed by atoms with E-state index in [2.05, 4.69) is 0 Å². The van der Waals surface area contributed by atoms with Crippen LogP contribution < -0.4 is 0 Å². The minimum absolute atomic E-state index is 0.0190. The van der Waals surface area contributed by atoms with Crippen LogP contribution in [0.1, 0.15) is 48.7 Å². The number of rotatable bonds is 6. The first kappa shape index (κ1) is 19.5. The van der Waals surface area contributed by atoms with Gasteiger partial charge in [0.15, 0.2) is 5.78 Å². The molecule has 0 N–H and O–H groups in total. The summed E-state index contributed by atoms with van der Waals surface area (Å²) in [6.45, 7) is 3.18. The van der Waals surface area contributed by atoms with Crippen LogP contribution in [0.4, 0.5) is 0 Å². The number of thiophene rings is 1. The maximum absolute atomic E-state index is 13.0. The Balaban J connectivity index is 1.58.